The molecule has 1 rings (SSSR count). The molecule has 2 nitrogen and oxygen atoms in total. The highest BCUT2D eigenvalue weighted by molar-refractivity contribution is 4.91. The first kappa shape index (κ1) is 17.0. The summed E-state index contributed by atoms with van der Waals surface area (Å²) < 4.78 is 6.34. The molecule has 1 aliphatic rings. The standard InChI is InChI=1S/C17H35NO/c1-7-8-15-9-11-17(12-10-15,19-14(2)3)13-18-16(4,5)6/h14-15,18H,7-13H2,1-6H3. The summed E-state index contributed by atoms with van der Waals surface area (Å²) in [6.07, 6.45) is 8.16. The molecule has 0 aromatic heterocycles. The molecule has 0 aliphatic heterocycles. The van der Waals surface area contributed by atoms with E-state index in [-0.39, 0.29) is 11.1 Å². The van der Waals surface area contributed by atoms with E-state index in [9.17, 15) is 0 Å². The van der Waals surface area contributed by atoms with Gasteiger partial charge in [0.2, 0.25) is 0 Å². The van der Waals surface area contributed by atoms with Crippen molar-refractivity contribution >= 4 is 0 Å². The van der Waals surface area contributed by atoms with E-state index in [4.69, 9.17) is 4.74 Å². The van der Waals surface area contributed by atoms with Crippen molar-refractivity contribution in [1.82, 2.24) is 5.32 Å². The van der Waals surface area contributed by atoms with E-state index in [1.807, 2.05) is 0 Å². The van der Waals surface area contributed by atoms with Crippen LogP contribution in [0.2, 0.25) is 0 Å². The van der Waals surface area contributed by atoms with E-state index >= 15 is 0 Å². The third kappa shape index (κ3) is 6.27. The van der Waals surface area contributed by atoms with Crippen molar-refractivity contribution in [3.8, 4) is 0 Å². The highest BCUT2D eigenvalue weighted by atomic mass is 16.5. The first-order valence-corrected chi connectivity index (χ1v) is 8.19. The molecule has 0 heterocycles. The molecule has 0 bridgehead atoms. The van der Waals surface area contributed by atoms with Crippen LogP contribution >= 0.6 is 0 Å². The lowest BCUT2D eigenvalue weighted by Crippen LogP contribution is -2.51. The van der Waals surface area contributed by atoms with Crippen molar-refractivity contribution in [1.29, 1.82) is 0 Å². The zero-order valence-corrected chi connectivity index (χ0v) is 14.0. The lowest BCUT2D eigenvalue weighted by molar-refractivity contribution is -0.108. The maximum atomic E-state index is 6.34. The minimum atomic E-state index is 0.0751. The van der Waals surface area contributed by atoms with Crippen LogP contribution < -0.4 is 5.32 Å². The molecule has 0 radical (unpaired) electrons. The third-order valence-electron chi connectivity index (χ3n) is 4.14. The Bertz CT molecular complexity index is 246. The van der Waals surface area contributed by atoms with Crippen molar-refractivity contribution in [2.75, 3.05) is 6.54 Å². The van der Waals surface area contributed by atoms with Crippen LogP contribution in [0, 0.1) is 5.92 Å². The molecule has 0 spiro atoms. The summed E-state index contributed by atoms with van der Waals surface area (Å²) in [4.78, 5) is 0. The van der Waals surface area contributed by atoms with Gasteiger partial charge in [-0.2, -0.15) is 0 Å². The summed E-state index contributed by atoms with van der Waals surface area (Å²) in [5.41, 5.74) is 0.249. The molecule has 1 N–H and O–H groups in total. The lowest BCUT2D eigenvalue weighted by atomic mass is 9.76. The Kier molecular flexibility index (Phi) is 6.32. The van der Waals surface area contributed by atoms with Gasteiger partial charge in [-0.3, -0.25) is 0 Å². The van der Waals surface area contributed by atoms with Crippen molar-refractivity contribution in [3.63, 3.8) is 0 Å². The van der Waals surface area contributed by atoms with E-state index in [1.54, 1.807) is 0 Å². The molecule has 0 amide bonds. The average molecular weight is 269 g/mol. The van der Waals surface area contributed by atoms with E-state index < -0.39 is 0 Å². The minimum absolute atomic E-state index is 0.0751. The van der Waals surface area contributed by atoms with Crippen LogP contribution in [-0.4, -0.2) is 23.8 Å². The van der Waals surface area contributed by atoms with Gasteiger partial charge in [0.15, 0.2) is 0 Å². The molecule has 0 aromatic carbocycles. The molecule has 0 unspecified atom stereocenters. The second-order valence-corrected chi connectivity index (χ2v) is 7.69. The monoisotopic (exact) mass is 269 g/mol. The Morgan fingerprint density at radius 2 is 1.79 bits per heavy atom. The van der Waals surface area contributed by atoms with Gasteiger partial charge in [-0.1, -0.05) is 19.8 Å². The van der Waals surface area contributed by atoms with E-state index in [2.05, 4.69) is 46.9 Å². The Labute approximate surface area is 120 Å². The Hall–Kier alpha value is -0.0800. The van der Waals surface area contributed by atoms with Gasteiger partial charge in [0.1, 0.15) is 0 Å². The van der Waals surface area contributed by atoms with Gasteiger partial charge < -0.3 is 10.1 Å². The third-order valence-corrected chi connectivity index (χ3v) is 4.14. The predicted molar refractivity (Wildman–Crippen MR) is 83.6 cm³/mol. The summed E-state index contributed by atoms with van der Waals surface area (Å²) in [6.45, 7) is 14.3. The molecule has 0 saturated heterocycles. The maximum absolute atomic E-state index is 6.34. The molecule has 0 atom stereocenters. The molecular formula is C17H35NO. The highest BCUT2D eigenvalue weighted by Gasteiger charge is 2.37. The quantitative estimate of drug-likeness (QED) is 0.765. The van der Waals surface area contributed by atoms with Gasteiger partial charge in [-0.25, -0.2) is 0 Å². The van der Waals surface area contributed by atoms with Gasteiger partial charge in [-0.15, -0.1) is 0 Å². The molecule has 1 aliphatic carbocycles. The molecule has 2 heteroatoms. The van der Waals surface area contributed by atoms with Crippen molar-refractivity contribution < 1.29 is 4.74 Å². The van der Waals surface area contributed by atoms with Crippen LogP contribution in [0.3, 0.4) is 0 Å². The topological polar surface area (TPSA) is 21.3 Å². The number of hydrogen-bond acceptors (Lipinski definition) is 2. The van der Waals surface area contributed by atoms with Crippen LogP contribution in [0.15, 0.2) is 0 Å². The van der Waals surface area contributed by atoms with Gasteiger partial charge in [-0.05, 0) is 66.2 Å². The van der Waals surface area contributed by atoms with Crippen LogP contribution in [0.25, 0.3) is 0 Å². The van der Waals surface area contributed by atoms with Gasteiger partial charge in [0.25, 0.3) is 0 Å². The van der Waals surface area contributed by atoms with E-state index in [1.165, 1.54) is 38.5 Å². The fraction of sp³-hybridized carbons (Fsp3) is 1.00. The number of rotatable bonds is 6. The van der Waals surface area contributed by atoms with Gasteiger partial charge >= 0.3 is 0 Å². The predicted octanol–water partition coefficient (Wildman–Crippen LogP) is 4.53. The summed E-state index contributed by atoms with van der Waals surface area (Å²) in [5.74, 6) is 0.934. The average Bonchev–Trinajstić information content (AvgIpc) is 2.28. The Balaban J connectivity index is 2.58. The summed E-state index contributed by atoms with van der Waals surface area (Å²) in [7, 11) is 0. The van der Waals surface area contributed by atoms with Crippen molar-refractivity contribution in [3.05, 3.63) is 0 Å². The fourth-order valence-electron chi connectivity index (χ4n) is 3.16. The summed E-state index contributed by atoms with van der Waals surface area (Å²) >= 11 is 0. The lowest BCUT2D eigenvalue weighted by Gasteiger charge is -2.43. The van der Waals surface area contributed by atoms with Gasteiger partial charge in [0, 0.05) is 12.1 Å². The Morgan fingerprint density at radius 1 is 1.21 bits per heavy atom. The normalized spacial score (nSPS) is 28.9. The molecule has 0 aromatic rings. The summed E-state index contributed by atoms with van der Waals surface area (Å²) in [5, 5.41) is 3.66. The second-order valence-electron chi connectivity index (χ2n) is 7.69. The Morgan fingerprint density at radius 3 is 2.21 bits per heavy atom. The van der Waals surface area contributed by atoms with E-state index in [0.29, 0.717) is 6.10 Å². The molecule has 1 saturated carbocycles. The summed E-state index contributed by atoms with van der Waals surface area (Å²) in [6, 6.07) is 0. The SMILES string of the molecule is CCCC1CCC(CNC(C)(C)C)(OC(C)C)CC1. The van der Waals surface area contributed by atoms with Crippen LogP contribution in [0.4, 0.5) is 0 Å². The van der Waals surface area contributed by atoms with E-state index in [0.717, 1.165) is 12.5 Å². The van der Waals surface area contributed by atoms with Crippen LogP contribution in [0.5, 0.6) is 0 Å². The smallest absolute Gasteiger partial charge is 0.0810 e. The molecular weight excluding hydrogens is 234 g/mol. The molecule has 114 valence electrons. The second kappa shape index (κ2) is 7.08. The van der Waals surface area contributed by atoms with Gasteiger partial charge in [0.05, 0.1) is 11.7 Å². The first-order valence-electron chi connectivity index (χ1n) is 8.19. The van der Waals surface area contributed by atoms with Crippen LogP contribution in [-0.2, 0) is 4.74 Å². The van der Waals surface area contributed by atoms with Crippen LogP contribution in [0.1, 0.15) is 80.1 Å². The molecule has 1 fully saturated rings. The zero-order valence-electron chi connectivity index (χ0n) is 14.0. The van der Waals surface area contributed by atoms with Crippen molar-refractivity contribution in [2.45, 2.75) is 97.3 Å². The number of nitrogens with one attached hydrogen (secondary N) is 1. The molecule has 19 heavy (non-hydrogen) atoms. The maximum Gasteiger partial charge on any atom is 0.0810 e. The highest BCUT2D eigenvalue weighted by Crippen LogP contribution is 2.37. The zero-order chi connectivity index (χ0) is 14.5. The largest absolute Gasteiger partial charge is 0.371 e. The number of hydrogen-bond donors (Lipinski definition) is 1. The first-order chi connectivity index (χ1) is 8.76. The fourth-order valence-corrected chi connectivity index (χ4v) is 3.16. The number of ether oxygens (including phenoxy) is 1. The van der Waals surface area contributed by atoms with Crippen molar-refractivity contribution in [2.24, 2.45) is 5.92 Å². The minimum Gasteiger partial charge on any atom is -0.371 e.